The number of aromatic nitrogens is 1. The van der Waals surface area contributed by atoms with Crippen LogP contribution in [0, 0.1) is 9.52 Å². The molecular formula is C12H19FINOSi. The molecule has 0 aliphatic heterocycles. The summed E-state index contributed by atoms with van der Waals surface area (Å²) in [5, 5.41) is 0.136. The molecule has 5 heteroatoms. The Morgan fingerprint density at radius 3 is 2.47 bits per heavy atom. The van der Waals surface area contributed by atoms with Gasteiger partial charge in [-0.05, 0) is 46.8 Å². The van der Waals surface area contributed by atoms with E-state index in [0.717, 1.165) is 3.57 Å². The van der Waals surface area contributed by atoms with Gasteiger partial charge in [0.1, 0.15) is 0 Å². The molecule has 0 aliphatic carbocycles. The molecule has 1 heterocycles. The lowest BCUT2D eigenvalue weighted by atomic mass is 10.2. The molecule has 1 aromatic heterocycles. The highest BCUT2D eigenvalue weighted by Gasteiger charge is 2.37. The molecule has 0 radical (unpaired) electrons. The van der Waals surface area contributed by atoms with E-state index in [1.165, 1.54) is 6.20 Å². The van der Waals surface area contributed by atoms with E-state index in [1.54, 1.807) is 6.07 Å². The molecule has 0 saturated carbocycles. The Kier molecular flexibility index (Phi) is 4.71. The monoisotopic (exact) mass is 367 g/mol. The molecular weight excluding hydrogens is 348 g/mol. The van der Waals surface area contributed by atoms with Crippen LogP contribution in [0.4, 0.5) is 4.39 Å². The number of hydrogen-bond donors (Lipinski definition) is 0. The molecule has 0 atom stereocenters. The summed E-state index contributed by atoms with van der Waals surface area (Å²) in [6, 6.07) is 1.80. The fourth-order valence-corrected chi connectivity index (χ4v) is 2.52. The first-order chi connectivity index (χ1) is 7.65. The van der Waals surface area contributed by atoms with Crippen LogP contribution < -0.4 is 0 Å². The average Bonchev–Trinajstić information content (AvgIpc) is 2.15. The number of hydrogen-bond acceptors (Lipinski definition) is 2. The zero-order chi connectivity index (χ0) is 13.3. The van der Waals surface area contributed by atoms with Gasteiger partial charge >= 0.3 is 0 Å². The summed E-state index contributed by atoms with van der Waals surface area (Å²) in [5.41, 5.74) is 0.568. The normalized spacial score (nSPS) is 12.9. The van der Waals surface area contributed by atoms with Crippen LogP contribution in [-0.4, -0.2) is 13.3 Å². The molecule has 0 saturated heterocycles. The fraction of sp³-hybridized carbons (Fsp3) is 0.583. The fourth-order valence-electron chi connectivity index (χ4n) is 1.04. The number of pyridine rings is 1. The molecule has 17 heavy (non-hydrogen) atoms. The van der Waals surface area contributed by atoms with E-state index in [9.17, 15) is 4.39 Å². The summed E-state index contributed by atoms with van der Waals surface area (Å²) >= 11 is 2.11. The second kappa shape index (κ2) is 5.32. The largest absolute Gasteiger partial charge is 0.412 e. The highest BCUT2D eigenvalue weighted by Crippen LogP contribution is 2.37. The SMILES string of the molecule is CC(C)(C)[Si](C)(C)OCc1c(I)ccnc1F. The van der Waals surface area contributed by atoms with Gasteiger partial charge < -0.3 is 4.43 Å². The van der Waals surface area contributed by atoms with E-state index < -0.39 is 14.3 Å². The van der Waals surface area contributed by atoms with Crippen molar-refractivity contribution in [2.75, 3.05) is 0 Å². The van der Waals surface area contributed by atoms with E-state index in [2.05, 4.69) is 61.4 Å². The summed E-state index contributed by atoms with van der Waals surface area (Å²) in [5.74, 6) is -0.421. The van der Waals surface area contributed by atoms with Crippen LogP contribution in [0.3, 0.4) is 0 Å². The predicted octanol–water partition coefficient (Wildman–Crippen LogP) is 4.35. The molecule has 0 aromatic carbocycles. The summed E-state index contributed by atoms with van der Waals surface area (Å²) < 4.78 is 20.4. The minimum Gasteiger partial charge on any atom is -0.412 e. The van der Waals surface area contributed by atoms with Crippen molar-refractivity contribution < 1.29 is 8.82 Å². The average molecular weight is 367 g/mol. The maximum atomic E-state index is 13.5. The predicted molar refractivity (Wildman–Crippen MR) is 78.9 cm³/mol. The minimum absolute atomic E-state index is 0.136. The molecule has 0 bridgehead atoms. The lowest BCUT2D eigenvalue weighted by molar-refractivity contribution is 0.268. The van der Waals surface area contributed by atoms with E-state index in [-0.39, 0.29) is 5.04 Å². The standard InChI is InChI=1S/C12H19FINOSi/c1-12(2,3)17(4,5)16-8-9-10(14)6-7-15-11(9)13/h6-7H,8H2,1-5H3. The summed E-state index contributed by atoms with van der Waals surface area (Å²) in [6.45, 7) is 11.1. The molecule has 96 valence electrons. The van der Waals surface area contributed by atoms with Gasteiger partial charge in [-0.1, -0.05) is 20.8 Å². The van der Waals surface area contributed by atoms with Gasteiger partial charge in [-0.3, -0.25) is 0 Å². The Labute approximate surface area is 117 Å². The van der Waals surface area contributed by atoms with Crippen LogP contribution in [0.5, 0.6) is 0 Å². The van der Waals surface area contributed by atoms with Crippen molar-refractivity contribution in [3.8, 4) is 0 Å². The first-order valence-electron chi connectivity index (χ1n) is 5.58. The third kappa shape index (κ3) is 3.72. The van der Waals surface area contributed by atoms with Crippen LogP contribution in [0.2, 0.25) is 18.1 Å². The summed E-state index contributed by atoms with van der Waals surface area (Å²) in [4.78, 5) is 3.67. The van der Waals surface area contributed by atoms with Crippen molar-refractivity contribution in [2.24, 2.45) is 0 Å². The lowest BCUT2D eigenvalue weighted by Crippen LogP contribution is -2.40. The van der Waals surface area contributed by atoms with Crippen LogP contribution in [0.15, 0.2) is 12.3 Å². The Hall–Kier alpha value is -0.0131. The van der Waals surface area contributed by atoms with Crippen LogP contribution in [-0.2, 0) is 11.0 Å². The molecule has 1 aromatic rings. The second-order valence-corrected chi connectivity index (χ2v) is 11.6. The van der Waals surface area contributed by atoms with Gasteiger partial charge in [0.05, 0.1) is 6.61 Å². The van der Waals surface area contributed by atoms with E-state index >= 15 is 0 Å². The van der Waals surface area contributed by atoms with Crippen LogP contribution in [0.25, 0.3) is 0 Å². The molecule has 0 amide bonds. The molecule has 0 fully saturated rings. The molecule has 0 spiro atoms. The highest BCUT2D eigenvalue weighted by atomic mass is 127. The maximum absolute atomic E-state index is 13.5. The van der Waals surface area contributed by atoms with Crippen LogP contribution in [0.1, 0.15) is 26.3 Å². The van der Waals surface area contributed by atoms with Gasteiger partial charge in [0.15, 0.2) is 8.32 Å². The topological polar surface area (TPSA) is 22.1 Å². The summed E-state index contributed by atoms with van der Waals surface area (Å²) in [6.07, 6.45) is 1.48. The first-order valence-corrected chi connectivity index (χ1v) is 9.57. The van der Waals surface area contributed by atoms with Gasteiger partial charge in [0.25, 0.3) is 0 Å². The quantitative estimate of drug-likeness (QED) is 0.450. The summed E-state index contributed by atoms with van der Waals surface area (Å²) in [7, 11) is -1.83. The Bertz CT molecular complexity index is 384. The highest BCUT2D eigenvalue weighted by molar-refractivity contribution is 14.1. The molecule has 1 rings (SSSR count). The second-order valence-electron chi connectivity index (χ2n) is 5.61. The lowest BCUT2D eigenvalue weighted by Gasteiger charge is -2.36. The van der Waals surface area contributed by atoms with Crippen molar-refractivity contribution in [1.29, 1.82) is 0 Å². The van der Waals surface area contributed by atoms with Gasteiger partial charge in [-0.15, -0.1) is 0 Å². The van der Waals surface area contributed by atoms with E-state index in [0.29, 0.717) is 12.2 Å². The van der Waals surface area contributed by atoms with Crippen molar-refractivity contribution in [3.63, 3.8) is 0 Å². The smallest absolute Gasteiger partial charge is 0.219 e. The third-order valence-electron chi connectivity index (χ3n) is 3.33. The molecule has 0 unspecified atom stereocenters. The Morgan fingerprint density at radius 2 is 2.00 bits per heavy atom. The molecule has 2 nitrogen and oxygen atoms in total. The number of halogens is 2. The first kappa shape index (κ1) is 15.0. The van der Waals surface area contributed by atoms with Crippen LogP contribution >= 0.6 is 22.6 Å². The van der Waals surface area contributed by atoms with Gasteiger partial charge in [0.2, 0.25) is 5.95 Å². The minimum atomic E-state index is -1.83. The van der Waals surface area contributed by atoms with Gasteiger partial charge in [-0.25, -0.2) is 4.98 Å². The number of nitrogens with zero attached hydrogens (tertiary/aromatic N) is 1. The van der Waals surface area contributed by atoms with Crippen molar-refractivity contribution in [1.82, 2.24) is 4.98 Å². The Morgan fingerprint density at radius 1 is 1.41 bits per heavy atom. The van der Waals surface area contributed by atoms with Crippen molar-refractivity contribution in [2.45, 2.75) is 45.5 Å². The van der Waals surface area contributed by atoms with Crippen molar-refractivity contribution in [3.05, 3.63) is 27.3 Å². The number of rotatable bonds is 3. The molecule has 0 aliphatic rings. The zero-order valence-corrected chi connectivity index (χ0v) is 14.1. The van der Waals surface area contributed by atoms with Gasteiger partial charge in [0, 0.05) is 15.3 Å². The zero-order valence-electron chi connectivity index (χ0n) is 11.0. The van der Waals surface area contributed by atoms with E-state index in [1.807, 2.05) is 0 Å². The van der Waals surface area contributed by atoms with E-state index in [4.69, 9.17) is 4.43 Å². The Balaban J connectivity index is 2.81. The maximum Gasteiger partial charge on any atom is 0.219 e. The third-order valence-corrected chi connectivity index (χ3v) is 8.82. The van der Waals surface area contributed by atoms with Crippen molar-refractivity contribution >= 4 is 30.9 Å². The van der Waals surface area contributed by atoms with Gasteiger partial charge in [-0.2, -0.15) is 4.39 Å². The molecule has 0 N–H and O–H groups in total.